The second kappa shape index (κ2) is 3.18. The first-order valence-electron chi connectivity index (χ1n) is 3.37. The van der Waals surface area contributed by atoms with Crippen molar-refractivity contribution in [2.45, 2.75) is 11.8 Å². The van der Waals surface area contributed by atoms with Gasteiger partial charge in [0.25, 0.3) is 0 Å². The Labute approximate surface area is 80.7 Å². The van der Waals surface area contributed by atoms with E-state index in [1.54, 1.807) is 18.2 Å². The number of hydrogen-bond donors (Lipinski definition) is 0. The van der Waals surface area contributed by atoms with Gasteiger partial charge in [-0.1, -0.05) is 6.07 Å². The first-order valence-corrected chi connectivity index (χ1v) is 6.06. The lowest BCUT2D eigenvalue weighted by atomic mass is 10.2. The standard InChI is InChI=1S/C8H9BrO2S/c1-6-3-4-8(7(9)5-6)12(2,10)11/h3-5H,1-2H3. The van der Waals surface area contributed by atoms with E-state index in [-0.39, 0.29) is 0 Å². The van der Waals surface area contributed by atoms with E-state index in [2.05, 4.69) is 15.9 Å². The first kappa shape index (κ1) is 9.74. The van der Waals surface area contributed by atoms with E-state index in [4.69, 9.17) is 0 Å². The molecule has 0 aliphatic heterocycles. The molecule has 0 fully saturated rings. The molecular weight excluding hydrogens is 240 g/mol. The molecule has 2 nitrogen and oxygen atoms in total. The van der Waals surface area contributed by atoms with Gasteiger partial charge in [-0.15, -0.1) is 0 Å². The molecule has 0 unspecified atom stereocenters. The number of benzene rings is 1. The Morgan fingerprint density at radius 1 is 1.33 bits per heavy atom. The largest absolute Gasteiger partial charge is 0.224 e. The summed E-state index contributed by atoms with van der Waals surface area (Å²) in [7, 11) is -3.10. The minimum atomic E-state index is -3.10. The fourth-order valence-corrected chi connectivity index (χ4v) is 3.01. The van der Waals surface area contributed by atoms with Crippen molar-refractivity contribution >= 4 is 25.8 Å². The maximum absolute atomic E-state index is 11.1. The summed E-state index contributed by atoms with van der Waals surface area (Å²) in [6, 6.07) is 5.17. The van der Waals surface area contributed by atoms with E-state index < -0.39 is 9.84 Å². The Balaban J connectivity index is 3.39. The predicted octanol–water partition coefficient (Wildman–Crippen LogP) is 2.16. The topological polar surface area (TPSA) is 34.1 Å². The number of rotatable bonds is 1. The van der Waals surface area contributed by atoms with Crippen molar-refractivity contribution in [1.29, 1.82) is 0 Å². The molecule has 1 aromatic carbocycles. The second-order valence-electron chi connectivity index (χ2n) is 2.71. The highest BCUT2D eigenvalue weighted by Gasteiger charge is 2.10. The molecule has 0 bridgehead atoms. The average Bonchev–Trinajstić information content (AvgIpc) is 1.83. The monoisotopic (exact) mass is 248 g/mol. The van der Waals surface area contributed by atoms with Gasteiger partial charge in [0, 0.05) is 10.7 Å². The third-order valence-electron chi connectivity index (χ3n) is 1.49. The first-order chi connectivity index (χ1) is 5.41. The van der Waals surface area contributed by atoms with Crippen molar-refractivity contribution in [3.05, 3.63) is 28.2 Å². The molecule has 0 N–H and O–H groups in total. The molecule has 1 aromatic rings. The van der Waals surface area contributed by atoms with E-state index >= 15 is 0 Å². The summed E-state index contributed by atoms with van der Waals surface area (Å²) < 4.78 is 22.9. The zero-order valence-corrected chi connectivity index (χ0v) is 9.24. The number of hydrogen-bond acceptors (Lipinski definition) is 2. The molecule has 0 radical (unpaired) electrons. The molecule has 0 aliphatic carbocycles. The predicted molar refractivity (Wildman–Crippen MR) is 52.0 cm³/mol. The minimum absolute atomic E-state index is 0.341. The molecule has 0 atom stereocenters. The van der Waals surface area contributed by atoms with Gasteiger partial charge >= 0.3 is 0 Å². The SMILES string of the molecule is Cc1ccc(S(C)(=O)=O)c(Br)c1. The number of halogens is 1. The lowest BCUT2D eigenvalue weighted by molar-refractivity contribution is 0.601. The lowest BCUT2D eigenvalue weighted by Gasteiger charge is -2.01. The minimum Gasteiger partial charge on any atom is -0.224 e. The Bertz CT molecular complexity index is 396. The van der Waals surface area contributed by atoms with Crippen LogP contribution in [-0.4, -0.2) is 14.7 Å². The van der Waals surface area contributed by atoms with Gasteiger partial charge in [-0.3, -0.25) is 0 Å². The van der Waals surface area contributed by atoms with Crippen molar-refractivity contribution in [3.8, 4) is 0 Å². The molecule has 1 rings (SSSR count). The Hall–Kier alpha value is -0.350. The third-order valence-corrected chi connectivity index (χ3v) is 3.56. The third kappa shape index (κ3) is 2.08. The van der Waals surface area contributed by atoms with E-state index in [1.165, 1.54) is 6.26 Å². The highest BCUT2D eigenvalue weighted by atomic mass is 79.9. The fourth-order valence-electron chi connectivity index (χ4n) is 0.907. The smallest absolute Gasteiger partial charge is 0.176 e. The van der Waals surface area contributed by atoms with Gasteiger partial charge in [0.1, 0.15) is 0 Å². The highest BCUT2D eigenvalue weighted by molar-refractivity contribution is 9.10. The van der Waals surface area contributed by atoms with Crippen molar-refractivity contribution < 1.29 is 8.42 Å². The van der Waals surface area contributed by atoms with Crippen molar-refractivity contribution in [1.82, 2.24) is 0 Å². The van der Waals surface area contributed by atoms with E-state index in [1.807, 2.05) is 6.92 Å². The van der Waals surface area contributed by atoms with Gasteiger partial charge < -0.3 is 0 Å². The van der Waals surface area contributed by atoms with Crippen LogP contribution in [0.2, 0.25) is 0 Å². The van der Waals surface area contributed by atoms with Crippen LogP contribution in [-0.2, 0) is 9.84 Å². The van der Waals surface area contributed by atoms with Crippen LogP contribution in [0, 0.1) is 6.92 Å². The summed E-state index contributed by atoms with van der Waals surface area (Å²) in [6.45, 7) is 1.91. The summed E-state index contributed by atoms with van der Waals surface area (Å²) >= 11 is 3.20. The Morgan fingerprint density at radius 3 is 2.33 bits per heavy atom. The summed E-state index contributed by atoms with van der Waals surface area (Å²) in [4.78, 5) is 0.341. The normalized spacial score (nSPS) is 11.6. The number of aryl methyl sites for hydroxylation is 1. The molecule has 0 spiro atoms. The van der Waals surface area contributed by atoms with Crippen LogP contribution in [0.1, 0.15) is 5.56 Å². The lowest BCUT2D eigenvalue weighted by Crippen LogP contribution is -1.97. The molecule has 0 aliphatic rings. The van der Waals surface area contributed by atoms with Crippen LogP contribution < -0.4 is 0 Å². The van der Waals surface area contributed by atoms with Gasteiger partial charge in [0.2, 0.25) is 0 Å². The van der Waals surface area contributed by atoms with Crippen LogP contribution in [0.3, 0.4) is 0 Å². The molecule has 0 amide bonds. The van der Waals surface area contributed by atoms with Crippen molar-refractivity contribution in [2.75, 3.05) is 6.26 Å². The molecule has 0 saturated carbocycles. The fraction of sp³-hybridized carbons (Fsp3) is 0.250. The number of sulfone groups is 1. The summed E-state index contributed by atoms with van der Waals surface area (Å²) in [5, 5.41) is 0. The molecule has 0 heterocycles. The summed E-state index contributed by atoms with van der Waals surface area (Å²) in [5.74, 6) is 0. The average molecular weight is 249 g/mol. The summed E-state index contributed by atoms with van der Waals surface area (Å²) in [5.41, 5.74) is 1.04. The molecular formula is C8H9BrO2S. The van der Waals surface area contributed by atoms with E-state index in [0.717, 1.165) is 5.56 Å². The van der Waals surface area contributed by atoms with Crippen LogP contribution in [0.4, 0.5) is 0 Å². The molecule has 4 heteroatoms. The summed E-state index contributed by atoms with van der Waals surface area (Å²) in [6.07, 6.45) is 1.20. The second-order valence-corrected chi connectivity index (χ2v) is 5.54. The molecule has 12 heavy (non-hydrogen) atoms. The van der Waals surface area contributed by atoms with E-state index in [9.17, 15) is 8.42 Å². The highest BCUT2D eigenvalue weighted by Crippen LogP contribution is 2.22. The van der Waals surface area contributed by atoms with E-state index in [0.29, 0.717) is 9.37 Å². The van der Waals surface area contributed by atoms with Crippen LogP contribution >= 0.6 is 15.9 Å². The van der Waals surface area contributed by atoms with Crippen LogP contribution in [0.25, 0.3) is 0 Å². The van der Waals surface area contributed by atoms with Gasteiger partial charge in [-0.2, -0.15) is 0 Å². The Kier molecular flexibility index (Phi) is 2.58. The Morgan fingerprint density at radius 2 is 1.92 bits per heavy atom. The van der Waals surface area contributed by atoms with Gasteiger partial charge in [-0.05, 0) is 40.5 Å². The van der Waals surface area contributed by atoms with Crippen molar-refractivity contribution in [3.63, 3.8) is 0 Å². The molecule has 0 saturated heterocycles. The molecule has 66 valence electrons. The zero-order chi connectivity index (χ0) is 9.35. The van der Waals surface area contributed by atoms with Gasteiger partial charge in [-0.25, -0.2) is 8.42 Å². The maximum Gasteiger partial charge on any atom is 0.176 e. The van der Waals surface area contributed by atoms with Gasteiger partial charge in [0.15, 0.2) is 9.84 Å². The van der Waals surface area contributed by atoms with Gasteiger partial charge in [0.05, 0.1) is 4.90 Å². The van der Waals surface area contributed by atoms with Crippen molar-refractivity contribution in [2.24, 2.45) is 0 Å². The quantitative estimate of drug-likeness (QED) is 0.764. The van der Waals surface area contributed by atoms with Crippen LogP contribution in [0.15, 0.2) is 27.6 Å². The molecule has 0 aromatic heterocycles. The van der Waals surface area contributed by atoms with Crippen LogP contribution in [0.5, 0.6) is 0 Å². The maximum atomic E-state index is 11.1. The zero-order valence-electron chi connectivity index (χ0n) is 6.83.